The van der Waals surface area contributed by atoms with Crippen LogP contribution in [0.5, 0.6) is 0 Å². The molecule has 1 unspecified atom stereocenters. The molecule has 0 radical (unpaired) electrons. The summed E-state index contributed by atoms with van der Waals surface area (Å²) in [5.74, 6) is 0.908. The minimum absolute atomic E-state index is 0.303. The van der Waals surface area contributed by atoms with Crippen molar-refractivity contribution in [3.05, 3.63) is 46.2 Å². The molecule has 0 aliphatic heterocycles. The average Bonchev–Trinajstić information content (AvgIpc) is 3.17. The summed E-state index contributed by atoms with van der Waals surface area (Å²) in [4.78, 5) is 12.8. The first kappa shape index (κ1) is 21.9. The lowest BCUT2D eigenvalue weighted by atomic mass is 9.87. The molecule has 4 rings (SSSR count). The van der Waals surface area contributed by atoms with E-state index < -0.39 is 26.7 Å². The van der Waals surface area contributed by atoms with Crippen molar-refractivity contribution in [2.24, 2.45) is 5.92 Å². The highest BCUT2D eigenvalue weighted by atomic mass is 32.2. The molecule has 1 aromatic carbocycles. The van der Waals surface area contributed by atoms with Crippen LogP contribution in [-0.4, -0.2) is 19.6 Å². The number of fused-ring (bicyclic) bond motifs is 1. The van der Waals surface area contributed by atoms with Gasteiger partial charge in [0.2, 0.25) is 5.09 Å². The van der Waals surface area contributed by atoms with Crippen molar-refractivity contribution in [3.63, 3.8) is 0 Å². The lowest BCUT2D eigenvalue weighted by Gasteiger charge is -2.23. The number of carbonyl (C=O) groups excluding carboxylic acids is 1. The van der Waals surface area contributed by atoms with E-state index in [9.17, 15) is 18.3 Å². The molecule has 2 aromatic rings. The van der Waals surface area contributed by atoms with Crippen LogP contribution in [0.3, 0.4) is 0 Å². The van der Waals surface area contributed by atoms with E-state index in [-0.39, 0.29) is 0 Å². The Balaban J connectivity index is 1.61. The maximum Gasteiger partial charge on any atom is 0.333 e. The van der Waals surface area contributed by atoms with E-state index in [4.69, 9.17) is 4.42 Å². The third-order valence-corrected chi connectivity index (χ3v) is 7.64. The monoisotopic (exact) mass is 446 g/mol. The SMILES string of the molecule is Cc1cc2c(c(NC(=O)NS(=O)(=O)c3cc(C(C)(C)O)co3)c1C(C)C1CC1)CCC2. The zero-order valence-corrected chi connectivity index (χ0v) is 19.2. The van der Waals surface area contributed by atoms with Gasteiger partial charge in [0.15, 0.2) is 0 Å². The fourth-order valence-electron chi connectivity index (χ4n) is 4.56. The van der Waals surface area contributed by atoms with Gasteiger partial charge in [-0.05, 0) is 87.0 Å². The van der Waals surface area contributed by atoms with Crippen LogP contribution in [0.25, 0.3) is 0 Å². The summed E-state index contributed by atoms with van der Waals surface area (Å²) in [6, 6.07) is 2.63. The van der Waals surface area contributed by atoms with Gasteiger partial charge in [0.1, 0.15) is 0 Å². The molecule has 3 N–H and O–H groups in total. The molecular weight excluding hydrogens is 416 g/mol. The molecule has 168 valence electrons. The minimum Gasteiger partial charge on any atom is -0.451 e. The van der Waals surface area contributed by atoms with Gasteiger partial charge in [0.05, 0.1) is 11.9 Å². The molecule has 2 aliphatic rings. The first-order chi connectivity index (χ1) is 14.5. The average molecular weight is 447 g/mol. The van der Waals surface area contributed by atoms with E-state index in [1.165, 1.54) is 44.6 Å². The Labute approximate surface area is 183 Å². The van der Waals surface area contributed by atoms with E-state index in [1.807, 2.05) is 0 Å². The van der Waals surface area contributed by atoms with E-state index in [0.717, 1.165) is 41.6 Å². The number of aliphatic hydroxyl groups is 1. The Morgan fingerprint density at radius 3 is 2.58 bits per heavy atom. The van der Waals surface area contributed by atoms with Gasteiger partial charge in [0.25, 0.3) is 10.0 Å². The van der Waals surface area contributed by atoms with Crippen LogP contribution in [0.4, 0.5) is 10.5 Å². The van der Waals surface area contributed by atoms with Gasteiger partial charge < -0.3 is 14.8 Å². The molecule has 2 amide bonds. The standard InChI is InChI=1S/C23H30N2O5S/c1-13-10-16-6-5-7-18(16)21(20(13)14(2)15-8-9-15)24-22(26)25-31(28,29)19-11-17(12-30-19)23(3,4)27/h10-12,14-15,27H,5-9H2,1-4H3,(H2,24,25,26). The highest BCUT2D eigenvalue weighted by Gasteiger charge is 2.34. The number of sulfonamides is 1. The van der Waals surface area contributed by atoms with Gasteiger partial charge in [-0.15, -0.1) is 0 Å². The number of amides is 2. The van der Waals surface area contributed by atoms with Crippen molar-refractivity contribution >= 4 is 21.7 Å². The summed E-state index contributed by atoms with van der Waals surface area (Å²) in [6.07, 6.45) is 6.40. The van der Waals surface area contributed by atoms with Crippen LogP contribution in [0.15, 0.2) is 27.9 Å². The molecule has 0 spiro atoms. The fraction of sp³-hybridized carbons (Fsp3) is 0.522. The van der Waals surface area contributed by atoms with Crippen molar-refractivity contribution in [1.82, 2.24) is 4.72 Å². The number of aryl methyl sites for hydroxylation is 2. The van der Waals surface area contributed by atoms with Crippen LogP contribution in [0.1, 0.15) is 73.8 Å². The van der Waals surface area contributed by atoms with Crippen LogP contribution in [-0.2, 0) is 28.5 Å². The Morgan fingerprint density at radius 2 is 1.97 bits per heavy atom. The molecule has 0 saturated heterocycles. The lowest BCUT2D eigenvalue weighted by molar-refractivity contribution is 0.0779. The molecule has 8 heteroatoms. The van der Waals surface area contributed by atoms with E-state index in [1.54, 1.807) is 0 Å². The number of anilines is 1. The lowest BCUT2D eigenvalue weighted by Crippen LogP contribution is -2.35. The molecule has 7 nitrogen and oxygen atoms in total. The number of hydrogen-bond donors (Lipinski definition) is 3. The van der Waals surface area contributed by atoms with E-state index >= 15 is 0 Å². The quantitative estimate of drug-likeness (QED) is 0.612. The fourth-order valence-corrected chi connectivity index (χ4v) is 5.41. The van der Waals surface area contributed by atoms with E-state index in [2.05, 4.69) is 30.0 Å². The van der Waals surface area contributed by atoms with Gasteiger partial charge in [-0.25, -0.2) is 9.52 Å². The van der Waals surface area contributed by atoms with Crippen LogP contribution >= 0.6 is 0 Å². The summed E-state index contributed by atoms with van der Waals surface area (Å²) in [5.41, 5.74) is 4.40. The molecule has 1 fully saturated rings. The summed E-state index contributed by atoms with van der Waals surface area (Å²) < 4.78 is 32.5. The second-order valence-electron chi connectivity index (χ2n) is 9.37. The minimum atomic E-state index is -4.22. The first-order valence-electron chi connectivity index (χ1n) is 10.8. The third kappa shape index (κ3) is 4.36. The number of urea groups is 1. The third-order valence-electron chi connectivity index (χ3n) is 6.44. The number of carbonyl (C=O) groups is 1. The highest BCUT2D eigenvalue weighted by molar-refractivity contribution is 7.89. The topological polar surface area (TPSA) is 109 Å². The smallest absolute Gasteiger partial charge is 0.333 e. The molecule has 1 atom stereocenters. The second kappa shape index (κ2) is 7.67. The van der Waals surface area contributed by atoms with Crippen molar-refractivity contribution in [3.8, 4) is 0 Å². The predicted octanol–water partition coefficient (Wildman–Crippen LogP) is 4.33. The number of rotatable bonds is 6. The molecule has 31 heavy (non-hydrogen) atoms. The Hall–Kier alpha value is -2.32. The van der Waals surface area contributed by atoms with Gasteiger partial charge in [-0.2, -0.15) is 8.42 Å². The van der Waals surface area contributed by atoms with E-state index in [0.29, 0.717) is 17.4 Å². The van der Waals surface area contributed by atoms with Gasteiger partial charge in [0, 0.05) is 17.3 Å². The molecule has 0 bridgehead atoms. The molecule has 1 heterocycles. The summed E-state index contributed by atoms with van der Waals surface area (Å²) in [5, 5.41) is 12.5. The zero-order valence-electron chi connectivity index (χ0n) is 18.4. The van der Waals surface area contributed by atoms with Crippen LogP contribution in [0, 0.1) is 12.8 Å². The Kier molecular flexibility index (Phi) is 5.42. The normalized spacial score (nSPS) is 17.3. The molecular formula is C23H30N2O5S. The second-order valence-corrected chi connectivity index (χ2v) is 11.0. The van der Waals surface area contributed by atoms with Gasteiger partial charge in [-0.1, -0.05) is 13.0 Å². The largest absolute Gasteiger partial charge is 0.451 e. The van der Waals surface area contributed by atoms with Crippen molar-refractivity contribution in [2.75, 3.05) is 5.32 Å². The van der Waals surface area contributed by atoms with Crippen LogP contribution in [0.2, 0.25) is 0 Å². The number of nitrogens with one attached hydrogen (secondary N) is 2. The summed E-state index contributed by atoms with van der Waals surface area (Å²) in [6.45, 7) is 7.29. The summed E-state index contributed by atoms with van der Waals surface area (Å²) in [7, 11) is -4.22. The maximum atomic E-state index is 12.8. The highest BCUT2D eigenvalue weighted by Crippen LogP contribution is 2.47. The van der Waals surface area contributed by atoms with Gasteiger partial charge >= 0.3 is 6.03 Å². The Bertz CT molecular complexity index is 1120. The first-order valence-corrected chi connectivity index (χ1v) is 12.3. The van der Waals surface area contributed by atoms with Crippen molar-refractivity contribution in [2.45, 2.75) is 76.4 Å². The molecule has 1 aromatic heterocycles. The summed E-state index contributed by atoms with van der Waals surface area (Å²) >= 11 is 0. The van der Waals surface area contributed by atoms with Crippen LogP contribution < -0.4 is 10.0 Å². The predicted molar refractivity (Wildman–Crippen MR) is 118 cm³/mol. The van der Waals surface area contributed by atoms with Crippen molar-refractivity contribution < 1.29 is 22.7 Å². The Morgan fingerprint density at radius 1 is 1.26 bits per heavy atom. The number of hydrogen-bond acceptors (Lipinski definition) is 5. The zero-order chi connectivity index (χ0) is 22.6. The number of benzene rings is 1. The van der Waals surface area contributed by atoms with Gasteiger partial charge in [-0.3, -0.25) is 0 Å². The molecule has 2 aliphatic carbocycles. The molecule has 1 saturated carbocycles. The van der Waals surface area contributed by atoms with Crippen molar-refractivity contribution in [1.29, 1.82) is 0 Å². The number of furan rings is 1. The maximum absolute atomic E-state index is 12.8.